The molecule has 0 heterocycles. The molecule has 0 saturated heterocycles. The lowest BCUT2D eigenvalue weighted by Crippen LogP contribution is -2.21. The summed E-state index contributed by atoms with van der Waals surface area (Å²) in [5.41, 5.74) is 7.23. The number of hydrogen-bond donors (Lipinski definition) is 1. The van der Waals surface area contributed by atoms with Crippen LogP contribution in [0.4, 0.5) is 0 Å². The molecule has 4 heteroatoms. The molecule has 0 aromatic heterocycles. The van der Waals surface area contributed by atoms with E-state index in [-0.39, 0.29) is 17.2 Å². The van der Waals surface area contributed by atoms with E-state index in [1.807, 2.05) is 31.2 Å². The lowest BCUT2D eigenvalue weighted by atomic mass is 9.86. The first-order chi connectivity index (χ1) is 12.3. The predicted octanol–water partition coefficient (Wildman–Crippen LogP) is 5.39. The van der Waals surface area contributed by atoms with E-state index < -0.39 is 0 Å². The first-order valence-electron chi connectivity index (χ1n) is 8.96. The van der Waals surface area contributed by atoms with Crippen molar-refractivity contribution in [3.05, 3.63) is 69.7 Å². The average molecular weight is 413 g/mol. The van der Waals surface area contributed by atoms with Crippen LogP contribution >= 0.6 is 15.9 Å². The third-order valence-electron chi connectivity index (χ3n) is 4.91. The highest BCUT2D eigenvalue weighted by molar-refractivity contribution is 9.10. The summed E-state index contributed by atoms with van der Waals surface area (Å²) in [5, 5.41) is 4.27. The Labute approximate surface area is 164 Å². The van der Waals surface area contributed by atoms with Crippen LogP contribution in [0.5, 0.6) is 0 Å². The minimum atomic E-state index is 0.00393. The normalized spacial score (nSPS) is 20.0. The monoisotopic (exact) mass is 412 g/mol. The fourth-order valence-corrected chi connectivity index (χ4v) is 3.48. The van der Waals surface area contributed by atoms with Gasteiger partial charge in [-0.15, -0.1) is 0 Å². The summed E-state index contributed by atoms with van der Waals surface area (Å²) in [4.78, 5) is 12.4. The minimum Gasteiger partial charge on any atom is -0.273 e. The largest absolute Gasteiger partial charge is 0.273 e. The summed E-state index contributed by atoms with van der Waals surface area (Å²) in [6.07, 6.45) is 0.895. The van der Waals surface area contributed by atoms with Gasteiger partial charge in [-0.2, -0.15) is 5.10 Å². The van der Waals surface area contributed by atoms with Gasteiger partial charge in [0.1, 0.15) is 0 Å². The lowest BCUT2D eigenvalue weighted by Gasteiger charge is -2.19. The molecule has 1 N–H and O–H groups in total. The second kappa shape index (κ2) is 7.36. The Balaban J connectivity index is 1.60. The quantitative estimate of drug-likeness (QED) is 0.530. The van der Waals surface area contributed by atoms with Crippen LogP contribution in [-0.4, -0.2) is 11.6 Å². The van der Waals surface area contributed by atoms with Gasteiger partial charge < -0.3 is 0 Å². The Kier molecular flexibility index (Phi) is 5.33. The van der Waals surface area contributed by atoms with Crippen molar-refractivity contribution in [1.29, 1.82) is 0 Å². The van der Waals surface area contributed by atoms with Crippen LogP contribution in [0.3, 0.4) is 0 Å². The number of rotatable bonds is 4. The highest BCUT2D eigenvalue weighted by Crippen LogP contribution is 2.47. The van der Waals surface area contributed by atoms with Crippen LogP contribution in [0, 0.1) is 5.92 Å². The van der Waals surface area contributed by atoms with Crippen LogP contribution in [0.2, 0.25) is 0 Å². The standard InChI is InChI=1S/C22H25BrN2O/c1-14(16-6-5-7-18(23)12-16)24-25-21(26)20-13-19(20)15-8-10-17(11-9-15)22(2,3)4/h5-12,19-20H,13H2,1-4H3,(H,25,26)/b24-14+/t19-,20-/m0/s1. The molecule has 0 bridgehead atoms. The lowest BCUT2D eigenvalue weighted by molar-refractivity contribution is -0.122. The van der Waals surface area contributed by atoms with Crippen molar-refractivity contribution in [3.8, 4) is 0 Å². The fourth-order valence-electron chi connectivity index (χ4n) is 3.08. The zero-order valence-electron chi connectivity index (χ0n) is 15.7. The maximum absolute atomic E-state index is 12.4. The molecule has 1 aliphatic carbocycles. The van der Waals surface area contributed by atoms with Crippen LogP contribution in [0.1, 0.15) is 56.7 Å². The van der Waals surface area contributed by atoms with Gasteiger partial charge in [0.05, 0.1) is 5.71 Å². The molecule has 0 spiro atoms. The molecule has 0 unspecified atom stereocenters. The Morgan fingerprint density at radius 1 is 1.15 bits per heavy atom. The number of nitrogens with one attached hydrogen (secondary N) is 1. The number of halogens is 1. The summed E-state index contributed by atoms with van der Waals surface area (Å²) in [6.45, 7) is 8.53. The Bertz CT molecular complexity index is 834. The molecule has 2 atom stereocenters. The third-order valence-corrected chi connectivity index (χ3v) is 5.40. The van der Waals surface area contributed by atoms with E-state index >= 15 is 0 Å². The highest BCUT2D eigenvalue weighted by atomic mass is 79.9. The van der Waals surface area contributed by atoms with Gasteiger partial charge in [-0.05, 0) is 53.5 Å². The van der Waals surface area contributed by atoms with Crippen molar-refractivity contribution < 1.29 is 4.79 Å². The number of benzene rings is 2. The maximum Gasteiger partial charge on any atom is 0.243 e. The molecule has 1 fully saturated rings. The molecule has 26 heavy (non-hydrogen) atoms. The summed E-state index contributed by atoms with van der Waals surface area (Å²) in [6, 6.07) is 16.6. The van der Waals surface area contributed by atoms with E-state index in [2.05, 4.69) is 71.5 Å². The van der Waals surface area contributed by atoms with E-state index in [4.69, 9.17) is 0 Å². The molecule has 0 aliphatic heterocycles. The SMILES string of the molecule is C/C(=N\NC(=O)[C@H]1C[C@H]1c1ccc(C(C)(C)C)cc1)c1cccc(Br)c1. The number of hydrazone groups is 1. The van der Waals surface area contributed by atoms with Crippen LogP contribution in [0.15, 0.2) is 58.1 Å². The number of hydrogen-bond acceptors (Lipinski definition) is 2. The fraction of sp³-hybridized carbons (Fsp3) is 0.364. The molecule has 0 radical (unpaired) electrons. The van der Waals surface area contributed by atoms with Crippen molar-refractivity contribution in [2.45, 2.75) is 45.4 Å². The Morgan fingerprint density at radius 3 is 2.46 bits per heavy atom. The van der Waals surface area contributed by atoms with Crippen molar-refractivity contribution >= 4 is 27.5 Å². The zero-order chi connectivity index (χ0) is 18.9. The second-order valence-electron chi connectivity index (χ2n) is 8.00. The van der Waals surface area contributed by atoms with Crippen LogP contribution < -0.4 is 5.43 Å². The molecule has 3 nitrogen and oxygen atoms in total. The molecule has 1 amide bonds. The first kappa shape index (κ1) is 18.8. The third kappa shape index (κ3) is 4.42. The van der Waals surface area contributed by atoms with Crippen molar-refractivity contribution in [1.82, 2.24) is 5.43 Å². The van der Waals surface area contributed by atoms with Crippen molar-refractivity contribution in [2.75, 3.05) is 0 Å². The van der Waals surface area contributed by atoms with Crippen LogP contribution in [-0.2, 0) is 10.2 Å². The minimum absolute atomic E-state index is 0.00393. The first-order valence-corrected chi connectivity index (χ1v) is 9.75. The Morgan fingerprint density at radius 2 is 1.85 bits per heavy atom. The van der Waals surface area contributed by atoms with Gasteiger partial charge in [-0.1, -0.05) is 73.1 Å². The molecule has 136 valence electrons. The summed E-state index contributed by atoms with van der Waals surface area (Å²) in [7, 11) is 0. The highest BCUT2D eigenvalue weighted by Gasteiger charge is 2.44. The van der Waals surface area contributed by atoms with E-state index in [0.717, 1.165) is 22.2 Å². The summed E-state index contributed by atoms with van der Waals surface area (Å²) >= 11 is 3.45. The molecular formula is C22H25BrN2O. The number of carbonyl (C=O) groups excluding carboxylic acids is 1. The van der Waals surface area contributed by atoms with Gasteiger partial charge in [0.25, 0.3) is 0 Å². The van der Waals surface area contributed by atoms with Gasteiger partial charge in [-0.3, -0.25) is 4.79 Å². The van der Waals surface area contributed by atoms with Gasteiger partial charge in [0.2, 0.25) is 5.91 Å². The van der Waals surface area contributed by atoms with Crippen molar-refractivity contribution in [3.63, 3.8) is 0 Å². The molecule has 1 saturated carbocycles. The zero-order valence-corrected chi connectivity index (χ0v) is 17.3. The van der Waals surface area contributed by atoms with Gasteiger partial charge >= 0.3 is 0 Å². The summed E-state index contributed by atoms with van der Waals surface area (Å²) in [5.74, 6) is 0.337. The Hall–Kier alpha value is -1.94. The second-order valence-corrected chi connectivity index (χ2v) is 8.92. The maximum atomic E-state index is 12.4. The molecular weight excluding hydrogens is 388 g/mol. The van der Waals surface area contributed by atoms with Crippen molar-refractivity contribution in [2.24, 2.45) is 11.0 Å². The number of amides is 1. The number of carbonyl (C=O) groups is 1. The van der Waals surface area contributed by atoms with E-state index in [1.54, 1.807) is 0 Å². The molecule has 3 rings (SSSR count). The topological polar surface area (TPSA) is 41.5 Å². The van der Waals surface area contributed by atoms with E-state index in [9.17, 15) is 4.79 Å². The smallest absolute Gasteiger partial charge is 0.243 e. The van der Waals surface area contributed by atoms with Gasteiger partial charge in [0, 0.05) is 10.4 Å². The molecule has 2 aromatic rings. The van der Waals surface area contributed by atoms with Crippen LogP contribution in [0.25, 0.3) is 0 Å². The molecule has 2 aromatic carbocycles. The molecule has 1 aliphatic rings. The van der Waals surface area contributed by atoms with E-state index in [1.165, 1.54) is 11.1 Å². The number of nitrogens with zero attached hydrogens (tertiary/aromatic N) is 1. The summed E-state index contributed by atoms with van der Waals surface area (Å²) < 4.78 is 0.997. The predicted molar refractivity (Wildman–Crippen MR) is 110 cm³/mol. The van der Waals surface area contributed by atoms with E-state index in [0.29, 0.717) is 5.92 Å². The van der Waals surface area contributed by atoms with Gasteiger partial charge in [-0.25, -0.2) is 5.43 Å². The van der Waals surface area contributed by atoms with Gasteiger partial charge in [0.15, 0.2) is 0 Å². The average Bonchev–Trinajstić information content (AvgIpc) is 3.39.